The maximum atomic E-state index is 13.6. The van der Waals surface area contributed by atoms with Gasteiger partial charge in [0.2, 0.25) is 0 Å². The molecule has 0 fully saturated rings. The van der Waals surface area contributed by atoms with Gasteiger partial charge in [-0.2, -0.15) is 0 Å². The van der Waals surface area contributed by atoms with Gasteiger partial charge in [-0.1, -0.05) is 15.9 Å². The highest BCUT2D eigenvalue weighted by molar-refractivity contribution is 9.10. The van der Waals surface area contributed by atoms with Gasteiger partial charge in [-0.3, -0.25) is 4.98 Å². The van der Waals surface area contributed by atoms with Gasteiger partial charge in [-0.25, -0.2) is 4.39 Å². The van der Waals surface area contributed by atoms with Crippen molar-refractivity contribution < 1.29 is 9.13 Å². The van der Waals surface area contributed by atoms with Gasteiger partial charge in [0, 0.05) is 16.7 Å². The molecule has 2 rings (SSSR count). The van der Waals surface area contributed by atoms with Crippen molar-refractivity contribution >= 4 is 15.9 Å². The fourth-order valence-corrected chi connectivity index (χ4v) is 2.03. The van der Waals surface area contributed by atoms with E-state index in [1.165, 1.54) is 6.07 Å². The molecule has 2 N–H and O–H groups in total. The van der Waals surface area contributed by atoms with Crippen molar-refractivity contribution in [1.82, 2.24) is 4.98 Å². The Morgan fingerprint density at radius 2 is 2.16 bits per heavy atom. The second-order valence-corrected chi connectivity index (χ2v) is 5.30. The molecular formula is C14H14BrFN2O. The Bertz CT molecular complexity index is 575. The van der Waals surface area contributed by atoms with E-state index >= 15 is 0 Å². The zero-order valence-electron chi connectivity index (χ0n) is 10.4. The number of aromatic nitrogens is 1. The van der Waals surface area contributed by atoms with E-state index in [1.807, 2.05) is 13.0 Å². The molecule has 0 amide bonds. The molecule has 3 nitrogen and oxygen atoms in total. The molecule has 0 bridgehead atoms. The van der Waals surface area contributed by atoms with Crippen LogP contribution in [0.25, 0.3) is 0 Å². The van der Waals surface area contributed by atoms with Crippen molar-refractivity contribution in [2.45, 2.75) is 19.4 Å². The average molecular weight is 325 g/mol. The fourth-order valence-electron chi connectivity index (χ4n) is 1.69. The van der Waals surface area contributed by atoms with Crippen LogP contribution in [0.2, 0.25) is 0 Å². The second-order valence-electron chi connectivity index (χ2n) is 4.39. The highest BCUT2D eigenvalue weighted by atomic mass is 79.9. The monoisotopic (exact) mass is 324 g/mol. The minimum Gasteiger partial charge on any atom is -0.453 e. The molecule has 1 heterocycles. The average Bonchev–Trinajstić information content (AvgIpc) is 2.33. The predicted molar refractivity (Wildman–Crippen MR) is 75.8 cm³/mol. The first kappa shape index (κ1) is 14.0. The lowest BCUT2D eigenvalue weighted by atomic mass is 10.1. The van der Waals surface area contributed by atoms with Gasteiger partial charge < -0.3 is 10.5 Å². The zero-order valence-corrected chi connectivity index (χ0v) is 12.0. The third-order valence-corrected chi connectivity index (χ3v) is 2.94. The van der Waals surface area contributed by atoms with Crippen molar-refractivity contribution in [3.8, 4) is 11.5 Å². The number of benzene rings is 1. The van der Waals surface area contributed by atoms with E-state index in [0.717, 1.165) is 10.0 Å². The first-order valence-corrected chi connectivity index (χ1v) is 6.66. The Hall–Kier alpha value is -1.46. The summed E-state index contributed by atoms with van der Waals surface area (Å²) in [4.78, 5) is 4.07. The Morgan fingerprint density at radius 3 is 2.89 bits per heavy atom. The van der Waals surface area contributed by atoms with Crippen LogP contribution in [0.3, 0.4) is 0 Å². The van der Waals surface area contributed by atoms with Crippen molar-refractivity contribution in [2.24, 2.45) is 5.73 Å². The topological polar surface area (TPSA) is 48.1 Å². The number of hydrogen-bond acceptors (Lipinski definition) is 3. The zero-order chi connectivity index (χ0) is 13.8. The number of ether oxygens (including phenoxy) is 1. The summed E-state index contributed by atoms with van der Waals surface area (Å²) in [7, 11) is 0. The number of nitrogens with zero attached hydrogens (tertiary/aromatic N) is 1. The Balaban J connectivity index is 2.21. The van der Waals surface area contributed by atoms with Crippen LogP contribution in [0.15, 0.2) is 41.1 Å². The maximum absolute atomic E-state index is 13.6. The molecule has 5 heteroatoms. The molecule has 0 saturated heterocycles. The maximum Gasteiger partial charge on any atom is 0.165 e. The summed E-state index contributed by atoms with van der Waals surface area (Å²) in [5, 5.41) is 0. The minimum atomic E-state index is -0.416. The number of halogens is 2. The molecule has 1 aromatic carbocycles. The van der Waals surface area contributed by atoms with Crippen molar-refractivity contribution in [3.63, 3.8) is 0 Å². The quantitative estimate of drug-likeness (QED) is 0.933. The molecule has 100 valence electrons. The first-order valence-electron chi connectivity index (χ1n) is 5.87. The van der Waals surface area contributed by atoms with E-state index in [2.05, 4.69) is 20.9 Å². The van der Waals surface area contributed by atoms with Crippen LogP contribution in [-0.2, 0) is 6.42 Å². The Labute approximate surface area is 119 Å². The highest BCUT2D eigenvalue weighted by Crippen LogP contribution is 2.27. The number of rotatable bonds is 4. The summed E-state index contributed by atoms with van der Waals surface area (Å²) in [6.07, 6.45) is 3.98. The van der Waals surface area contributed by atoms with E-state index in [-0.39, 0.29) is 11.8 Å². The van der Waals surface area contributed by atoms with Gasteiger partial charge >= 0.3 is 0 Å². The molecule has 0 radical (unpaired) electrons. The van der Waals surface area contributed by atoms with Gasteiger partial charge in [-0.15, -0.1) is 0 Å². The van der Waals surface area contributed by atoms with Gasteiger partial charge in [0.1, 0.15) is 5.75 Å². The molecule has 1 aromatic heterocycles. The minimum absolute atomic E-state index is 0.0413. The van der Waals surface area contributed by atoms with Crippen LogP contribution in [0.5, 0.6) is 11.5 Å². The lowest BCUT2D eigenvalue weighted by Crippen LogP contribution is -2.17. The van der Waals surface area contributed by atoms with E-state index in [9.17, 15) is 4.39 Å². The normalized spacial score (nSPS) is 12.2. The summed E-state index contributed by atoms with van der Waals surface area (Å²) >= 11 is 3.28. The predicted octanol–water partition coefficient (Wildman–Crippen LogP) is 3.67. The summed E-state index contributed by atoms with van der Waals surface area (Å²) in [6.45, 7) is 1.92. The summed E-state index contributed by atoms with van der Waals surface area (Å²) in [5.41, 5.74) is 6.70. The number of pyridine rings is 1. The summed E-state index contributed by atoms with van der Waals surface area (Å²) in [6, 6.07) is 6.40. The smallest absolute Gasteiger partial charge is 0.165 e. The lowest BCUT2D eigenvalue weighted by molar-refractivity contribution is 0.439. The summed E-state index contributed by atoms with van der Waals surface area (Å²) < 4.78 is 19.8. The van der Waals surface area contributed by atoms with Crippen LogP contribution in [0.4, 0.5) is 4.39 Å². The highest BCUT2D eigenvalue weighted by Gasteiger charge is 2.07. The van der Waals surface area contributed by atoms with Crippen molar-refractivity contribution in [3.05, 3.63) is 52.5 Å². The number of hydrogen-bond donors (Lipinski definition) is 1. The molecule has 19 heavy (non-hydrogen) atoms. The summed E-state index contributed by atoms with van der Waals surface area (Å²) in [5.74, 6) is 0.241. The lowest BCUT2D eigenvalue weighted by Gasteiger charge is -2.09. The van der Waals surface area contributed by atoms with Gasteiger partial charge in [0.25, 0.3) is 0 Å². The second kappa shape index (κ2) is 6.12. The van der Waals surface area contributed by atoms with Gasteiger partial charge in [-0.05, 0) is 43.2 Å². The molecule has 0 aliphatic rings. The molecule has 0 aliphatic heterocycles. The number of nitrogens with two attached hydrogens (primary N) is 1. The molecule has 1 atom stereocenters. The SMILES string of the molecule is CC(N)Cc1cncc(Oc2cc(Br)ccc2F)c1. The standard InChI is InChI=1S/C14H14BrFN2O/c1-9(17)4-10-5-12(8-18-7-10)19-14-6-11(15)2-3-13(14)16/h2-3,5-9H,4,17H2,1H3. The molecule has 0 saturated carbocycles. The third-order valence-electron chi connectivity index (χ3n) is 2.45. The third kappa shape index (κ3) is 4.01. The van der Waals surface area contributed by atoms with Gasteiger partial charge in [0.15, 0.2) is 11.6 Å². The van der Waals surface area contributed by atoms with Crippen LogP contribution in [-0.4, -0.2) is 11.0 Å². The molecule has 2 aromatic rings. The van der Waals surface area contributed by atoms with Crippen LogP contribution < -0.4 is 10.5 Å². The first-order chi connectivity index (χ1) is 9.04. The molecular weight excluding hydrogens is 311 g/mol. The van der Waals surface area contributed by atoms with Crippen LogP contribution >= 0.6 is 15.9 Å². The van der Waals surface area contributed by atoms with Crippen molar-refractivity contribution in [2.75, 3.05) is 0 Å². The Morgan fingerprint density at radius 1 is 1.37 bits per heavy atom. The molecule has 0 aliphatic carbocycles. The van der Waals surface area contributed by atoms with Crippen LogP contribution in [0.1, 0.15) is 12.5 Å². The van der Waals surface area contributed by atoms with Crippen LogP contribution in [0, 0.1) is 5.82 Å². The van der Waals surface area contributed by atoms with E-state index in [0.29, 0.717) is 12.2 Å². The molecule has 1 unspecified atom stereocenters. The molecule has 0 spiro atoms. The van der Waals surface area contributed by atoms with Crippen molar-refractivity contribution in [1.29, 1.82) is 0 Å². The Kier molecular flexibility index (Phi) is 4.50. The fraction of sp³-hybridized carbons (Fsp3) is 0.214. The van der Waals surface area contributed by atoms with Gasteiger partial charge in [0.05, 0.1) is 6.20 Å². The van der Waals surface area contributed by atoms with E-state index in [4.69, 9.17) is 10.5 Å². The van der Waals surface area contributed by atoms with E-state index in [1.54, 1.807) is 24.5 Å². The van der Waals surface area contributed by atoms with E-state index < -0.39 is 5.82 Å². The largest absolute Gasteiger partial charge is 0.453 e.